The Morgan fingerprint density at radius 3 is 1.97 bits per heavy atom. The molecule has 0 amide bonds. The van der Waals surface area contributed by atoms with E-state index < -0.39 is 5.97 Å². The number of nitriles is 2. The average Bonchev–Trinajstić information content (AvgIpc) is 3.69. The van der Waals surface area contributed by atoms with Crippen molar-refractivity contribution in [2.24, 2.45) is 5.92 Å². The Hall–Kier alpha value is -4.58. The van der Waals surface area contributed by atoms with Gasteiger partial charge in [0.05, 0.1) is 38.9 Å². The average molecular weight is 832 g/mol. The molecule has 1 aliphatic carbocycles. The Morgan fingerprint density at radius 2 is 1.36 bits per heavy atom. The van der Waals surface area contributed by atoms with Gasteiger partial charge in [-0.3, -0.25) is 0 Å². The van der Waals surface area contributed by atoms with Crippen LogP contribution in [-0.4, -0.2) is 52.1 Å². The first-order valence-corrected chi connectivity index (χ1v) is 20.6. The van der Waals surface area contributed by atoms with Crippen LogP contribution in [0.15, 0.2) is 81.5 Å². The third-order valence-electron chi connectivity index (χ3n) is 10.7. The number of rotatable bonds is 14. The molecular formula is C46H56Cl2N4O6. The number of dihydropyridines is 2. The molecule has 0 saturated heterocycles. The summed E-state index contributed by atoms with van der Waals surface area (Å²) in [5.74, 6) is -1.07. The van der Waals surface area contributed by atoms with Crippen molar-refractivity contribution in [1.82, 2.24) is 10.6 Å². The van der Waals surface area contributed by atoms with Gasteiger partial charge in [0.1, 0.15) is 24.8 Å². The summed E-state index contributed by atoms with van der Waals surface area (Å²) in [4.78, 5) is 26.3. The summed E-state index contributed by atoms with van der Waals surface area (Å²) in [6, 6.07) is 15.1. The number of nitrogens with zero attached hydrogens (tertiary/aromatic N) is 2. The van der Waals surface area contributed by atoms with Gasteiger partial charge in [0.25, 0.3) is 0 Å². The molecule has 58 heavy (non-hydrogen) atoms. The van der Waals surface area contributed by atoms with Gasteiger partial charge in [-0.15, -0.1) is 0 Å². The fraction of sp³-hybridized carbons (Fsp3) is 0.478. The number of ether oxygens (including phenoxy) is 4. The largest absolute Gasteiger partial charge is 0.460 e. The SMILES string of the molecule is COCCCC1=C(C)NC(C)=C(C(=O)OC2CCCC2)C1c1cccc(C#N)c1Cl.COCCOC(=O)C1=C(C)NC(C)=C(CC(C)C)C1c1cccc(Cl)c1C#N. The first kappa shape index (κ1) is 46.1. The predicted octanol–water partition coefficient (Wildman–Crippen LogP) is 10.0. The van der Waals surface area contributed by atoms with Crippen molar-refractivity contribution in [1.29, 1.82) is 10.5 Å². The smallest absolute Gasteiger partial charge is 0.337 e. The van der Waals surface area contributed by atoms with E-state index in [0.29, 0.717) is 51.5 Å². The highest BCUT2D eigenvalue weighted by molar-refractivity contribution is 6.32. The van der Waals surface area contributed by atoms with Crippen LogP contribution < -0.4 is 10.6 Å². The molecule has 1 fully saturated rings. The number of hydrogen-bond donors (Lipinski definition) is 2. The van der Waals surface area contributed by atoms with Crippen molar-refractivity contribution in [2.45, 2.75) is 104 Å². The number of hydrogen-bond acceptors (Lipinski definition) is 10. The van der Waals surface area contributed by atoms with Crippen LogP contribution in [-0.2, 0) is 28.5 Å². The van der Waals surface area contributed by atoms with Gasteiger partial charge in [-0.05, 0) is 113 Å². The third kappa shape index (κ3) is 11.1. The van der Waals surface area contributed by atoms with E-state index in [-0.39, 0.29) is 30.5 Å². The lowest BCUT2D eigenvalue weighted by molar-refractivity contribution is -0.144. The molecule has 0 aromatic heterocycles. The lowest BCUT2D eigenvalue weighted by Crippen LogP contribution is -2.30. The second-order valence-electron chi connectivity index (χ2n) is 15.3. The van der Waals surface area contributed by atoms with Gasteiger partial charge in [-0.1, -0.05) is 61.3 Å². The molecule has 0 bridgehead atoms. The lowest BCUT2D eigenvalue weighted by atomic mass is 9.76. The Morgan fingerprint density at radius 1 is 0.776 bits per heavy atom. The molecule has 5 rings (SSSR count). The zero-order valence-corrected chi connectivity index (χ0v) is 36.5. The van der Waals surface area contributed by atoms with Crippen LogP contribution in [0.2, 0.25) is 10.0 Å². The van der Waals surface area contributed by atoms with Gasteiger partial charge in [-0.2, -0.15) is 10.5 Å². The van der Waals surface area contributed by atoms with Crippen LogP contribution >= 0.6 is 23.2 Å². The summed E-state index contributed by atoms with van der Waals surface area (Å²) in [6.07, 6.45) is 6.34. The molecule has 2 aliphatic heterocycles. The number of allylic oxidation sites excluding steroid dienone is 6. The molecule has 10 nitrogen and oxygen atoms in total. The van der Waals surface area contributed by atoms with Crippen LogP contribution in [0.5, 0.6) is 0 Å². The highest BCUT2D eigenvalue weighted by Crippen LogP contribution is 2.45. The van der Waals surface area contributed by atoms with Gasteiger partial charge in [0, 0.05) is 55.5 Å². The third-order valence-corrected chi connectivity index (χ3v) is 11.4. The molecule has 2 unspecified atom stereocenters. The Bertz CT molecular complexity index is 2050. The number of methoxy groups -OCH3 is 2. The number of benzene rings is 2. The molecule has 2 atom stereocenters. The van der Waals surface area contributed by atoms with Crippen LogP contribution in [0.25, 0.3) is 0 Å². The van der Waals surface area contributed by atoms with Gasteiger partial charge in [0.15, 0.2) is 0 Å². The molecule has 2 N–H and O–H groups in total. The Kier molecular flexibility index (Phi) is 17.5. The van der Waals surface area contributed by atoms with E-state index in [1.54, 1.807) is 26.4 Å². The minimum absolute atomic E-state index is 0.0247. The number of halogens is 2. The van der Waals surface area contributed by atoms with Crippen LogP contribution in [0.1, 0.15) is 121 Å². The van der Waals surface area contributed by atoms with Crippen LogP contribution in [0.3, 0.4) is 0 Å². The van der Waals surface area contributed by atoms with E-state index in [9.17, 15) is 20.1 Å². The standard InChI is InChI=1S/C24H29ClN2O3.C22H27ClN2O3/c1-15-19(12-7-13-29-3)22(20-11-6-8-17(14-26)23(20)25)21(16(2)27-15)24(28)30-18-9-4-5-10-18;1-13(2)11-17-14(3)25-15(4)20(22(26)28-10-9-27-5)21(17)16-7-6-8-19(23)18(16)12-24/h6,8,11,18,22,27H,4-5,7,9-10,12-13H2,1-3H3;6-8,13,21,25H,9-11H2,1-5H3. The van der Waals surface area contributed by atoms with Gasteiger partial charge in [0.2, 0.25) is 0 Å². The van der Waals surface area contributed by atoms with E-state index in [1.165, 1.54) is 0 Å². The number of nitrogens with one attached hydrogen (secondary N) is 2. The first-order valence-electron chi connectivity index (χ1n) is 19.9. The monoisotopic (exact) mass is 830 g/mol. The van der Waals surface area contributed by atoms with E-state index >= 15 is 0 Å². The van der Waals surface area contributed by atoms with Gasteiger partial charge >= 0.3 is 11.9 Å². The van der Waals surface area contributed by atoms with Crippen molar-refractivity contribution in [3.63, 3.8) is 0 Å². The molecule has 0 radical (unpaired) electrons. The van der Waals surface area contributed by atoms with E-state index in [1.807, 2.05) is 52.0 Å². The van der Waals surface area contributed by atoms with E-state index in [2.05, 4.69) is 36.6 Å². The lowest BCUT2D eigenvalue weighted by Gasteiger charge is -2.33. The maximum atomic E-state index is 13.3. The molecule has 1 saturated carbocycles. The summed E-state index contributed by atoms with van der Waals surface area (Å²) in [6.45, 7) is 13.1. The van der Waals surface area contributed by atoms with Crippen molar-refractivity contribution in [3.8, 4) is 12.1 Å². The minimum atomic E-state index is -0.412. The maximum absolute atomic E-state index is 13.3. The molecule has 3 aliphatic rings. The second-order valence-corrected chi connectivity index (χ2v) is 16.1. The zero-order valence-electron chi connectivity index (χ0n) is 34.9. The van der Waals surface area contributed by atoms with Gasteiger partial charge < -0.3 is 29.6 Å². The fourth-order valence-electron chi connectivity index (χ4n) is 8.03. The quantitative estimate of drug-likeness (QED) is 0.140. The number of carbonyl (C=O) groups excluding carboxylic acids is 2. The van der Waals surface area contributed by atoms with Crippen molar-refractivity contribution < 1.29 is 28.5 Å². The minimum Gasteiger partial charge on any atom is -0.460 e. The van der Waals surface area contributed by atoms with Crippen molar-refractivity contribution in [2.75, 3.05) is 34.0 Å². The van der Waals surface area contributed by atoms with Crippen LogP contribution in [0.4, 0.5) is 0 Å². The summed E-state index contributed by atoms with van der Waals surface area (Å²) >= 11 is 12.9. The number of esters is 2. The predicted molar refractivity (Wildman–Crippen MR) is 227 cm³/mol. The van der Waals surface area contributed by atoms with Crippen molar-refractivity contribution in [3.05, 3.63) is 114 Å². The second kappa shape index (κ2) is 22.0. The highest BCUT2D eigenvalue weighted by Gasteiger charge is 2.38. The topological polar surface area (TPSA) is 143 Å². The molecule has 2 aromatic carbocycles. The summed E-state index contributed by atoms with van der Waals surface area (Å²) < 4.78 is 21.5. The summed E-state index contributed by atoms with van der Waals surface area (Å²) in [5.41, 5.74) is 9.02. The van der Waals surface area contributed by atoms with Crippen LogP contribution in [0, 0.1) is 28.6 Å². The first-order chi connectivity index (χ1) is 27.8. The summed E-state index contributed by atoms with van der Waals surface area (Å²) in [5, 5.41) is 26.6. The normalized spacial score (nSPS) is 18.3. The molecule has 310 valence electrons. The van der Waals surface area contributed by atoms with Gasteiger partial charge in [-0.25, -0.2) is 9.59 Å². The maximum Gasteiger partial charge on any atom is 0.337 e. The molecule has 12 heteroatoms. The van der Waals surface area contributed by atoms with Crippen molar-refractivity contribution >= 4 is 35.1 Å². The zero-order chi connectivity index (χ0) is 42.5. The Balaban J connectivity index is 0.000000257. The van der Waals surface area contributed by atoms with E-state index in [0.717, 1.165) is 90.0 Å². The summed E-state index contributed by atoms with van der Waals surface area (Å²) in [7, 11) is 3.24. The molecule has 0 spiro atoms. The highest BCUT2D eigenvalue weighted by atomic mass is 35.5. The number of carbonyl (C=O) groups is 2. The Labute approximate surface area is 353 Å². The molecule has 2 aromatic rings. The molecule has 2 heterocycles. The van der Waals surface area contributed by atoms with E-state index in [4.69, 9.17) is 42.1 Å². The molecular weight excluding hydrogens is 775 g/mol. The fourth-order valence-corrected chi connectivity index (χ4v) is 8.53.